The Morgan fingerprint density at radius 1 is 0.429 bits per heavy atom. The molecule has 0 atom stereocenters. The van der Waals surface area contributed by atoms with E-state index in [1.165, 1.54) is 0 Å². The number of hydrogen-bond donors (Lipinski definition) is 0. The second kappa shape index (κ2) is 8.31. The standard InChI is InChI=1S/C14H18/c1-2-4-6-8-10-12-14-13-11-9-7-5-3-1/h1-4,7,9-10,12-14H,5-6,8,11H2/b3-1+,4-2+,9-7-,12-10?,14-13?. The van der Waals surface area contributed by atoms with Gasteiger partial charge in [-0.2, -0.15) is 0 Å². The van der Waals surface area contributed by atoms with Gasteiger partial charge in [0, 0.05) is 0 Å². The van der Waals surface area contributed by atoms with Gasteiger partial charge >= 0.3 is 0 Å². The predicted octanol–water partition coefficient (Wildman–Crippen LogP) is 4.34. The Balaban J connectivity index is 2.45. The summed E-state index contributed by atoms with van der Waals surface area (Å²) >= 11 is 0. The van der Waals surface area contributed by atoms with Crippen LogP contribution in [0.4, 0.5) is 0 Å². The van der Waals surface area contributed by atoms with Gasteiger partial charge in [0.1, 0.15) is 0 Å². The fourth-order valence-electron chi connectivity index (χ4n) is 1.21. The topological polar surface area (TPSA) is 0 Å². The maximum absolute atomic E-state index is 2.21. The molecule has 0 bridgehead atoms. The van der Waals surface area contributed by atoms with Crippen molar-refractivity contribution in [2.45, 2.75) is 25.7 Å². The van der Waals surface area contributed by atoms with Crippen LogP contribution in [0.5, 0.6) is 0 Å². The summed E-state index contributed by atoms with van der Waals surface area (Å²) in [5.41, 5.74) is 0. The molecule has 74 valence electrons. The van der Waals surface area contributed by atoms with E-state index in [1.54, 1.807) is 0 Å². The second-order valence-corrected chi connectivity index (χ2v) is 3.23. The SMILES string of the molecule is C1=CC/C=C\C/C=C/C=C/CCC=C1. The Kier molecular flexibility index (Phi) is 6.39. The first-order chi connectivity index (χ1) is 7.00. The third kappa shape index (κ3) is 6.24. The highest BCUT2D eigenvalue weighted by Crippen LogP contribution is 1.97. The molecule has 0 saturated carbocycles. The maximum Gasteiger partial charge on any atom is -0.0166 e. The summed E-state index contributed by atoms with van der Waals surface area (Å²) in [5, 5.41) is 0. The van der Waals surface area contributed by atoms with E-state index in [4.69, 9.17) is 0 Å². The molecule has 14 heavy (non-hydrogen) atoms. The molecule has 0 N–H and O–H groups in total. The summed E-state index contributed by atoms with van der Waals surface area (Å²) in [6.07, 6.45) is 26.0. The summed E-state index contributed by atoms with van der Waals surface area (Å²) in [6.45, 7) is 0. The lowest BCUT2D eigenvalue weighted by Crippen LogP contribution is -1.65. The van der Waals surface area contributed by atoms with E-state index in [0.29, 0.717) is 0 Å². The quantitative estimate of drug-likeness (QED) is 0.494. The van der Waals surface area contributed by atoms with Crippen molar-refractivity contribution in [3.63, 3.8) is 0 Å². The van der Waals surface area contributed by atoms with Crippen molar-refractivity contribution in [3.8, 4) is 0 Å². The van der Waals surface area contributed by atoms with Crippen LogP contribution in [-0.4, -0.2) is 0 Å². The molecule has 0 heteroatoms. The lowest BCUT2D eigenvalue weighted by Gasteiger charge is -1.86. The normalized spacial score (nSPS) is 25.1. The summed E-state index contributed by atoms with van der Waals surface area (Å²) < 4.78 is 0. The molecule has 0 aromatic heterocycles. The van der Waals surface area contributed by atoms with E-state index in [-0.39, 0.29) is 0 Å². The van der Waals surface area contributed by atoms with E-state index in [2.05, 4.69) is 60.8 Å². The second-order valence-electron chi connectivity index (χ2n) is 3.23. The van der Waals surface area contributed by atoms with Crippen LogP contribution in [0.1, 0.15) is 25.7 Å². The van der Waals surface area contributed by atoms with Crippen LogP contribution in [0.15, 0.2) is 60.8 Å². The van der Waals surface area contributed by atoms with Crippen LogP contribution in [0, 0.1) is 0 Å². The first-order valence-electron chi connectivity index (χ1n) is 5.28. The molecule has 0 nitrogen and oxygen atoms in total. The first kappa shape index (κ1) is 10.8. The minimum absolute atomic E-state index is 1.04. The van der Waals surface area contributed by atoms with Gasteiger partial charge in [0.2, 0.25) is 0 Å². The predicted molar refractivity (Wildman–Crippen MR) is 64.2 cm³/mol. The number of rotatable bonds is 0. The molecule has 0 aromatic carbocycles. The van der Waals surface area contributed by atoms with Gasteiger partial charge in [0.15, 0.2) is 0 Å². The summed E-state index contributed by atoms with van der Waals surface area (Å²) in [7, 11) is 0. The third-order valence-electron chi connectivity index (χ3n) is 1.98. The lowest BCUT2D eigenvalue weighted by molar-refractivity contribution is 1.05. The van der Waals surface area contributed by atoms with Crippen LogP contribution < -0.4 is 0 Å². The van der Waals surface area contributed by atoms with Crippen molar-refractivity contribution in [2.24, 2.45) is 0 Å². The summed E-state index contributed by atoms with van der Waals surface area (Å²) in [4.78, 5) is 0. The van der Waals surface area contributed by atoms with Gasteiger partial charge in [-0.3, -0.25) is 0 Å². The van der Waals surface area contributed by atoms with E-state index in [0.717, 1.165) is 25.7 Å². The number of hydrogen-bond acceptors (Lipinski definition) is 0. The smallest absolute Gasteiger partial charge is 0.0166 e. The molecule has 0 saturated heterocycles. The van der Waals surface area contributed by atoms with Crippen molar-refractivity contribution in [1.82, 2.24) is 0 Å². The van der Waals surface area contributed by atoms with Gasteiger partial charge in [-0.1, -0.05) is 60.8 Å². The number of allylic oxidation sites excluding steroid dienone is 10. The van der Waals surface area contributed by atoms with Crippen LogP contribution in [0.25, 0.3) is 0 Å². The van der Waals surface area contributed by atoms with E-state index in [1.807, 2.05) is 0 Å². The van der Waals surface area contributed by atoms with E-state index in [9.17, 15) is 0 Å². The molecule has 0 heterocycles. The molecular weight excluding hydrogens is 168 g/mol. The van der Waals surface area contributed by atoms with Crippen molar-refractivity contribution >= 4 is 0 Å². The molecule has 1 aliphatic rings. The van der Waals surface area contributed by atoms with Gasteiger partial charge in [0.05, 0.1) is 0 Å². The van der Waals surface area contributed by atoms with Crippen molar-refractivity contribution in [1.29, 1.82) is 0 Å². The lowest BCUT2D eigenvalue weighted by atomic mass is 10.2. The van der Waals surface area contributed by atoms with Crippen LogP contribution in [0.2, 0.25) is 0 Å². The molecule has 0 aliphatic heterocycles. The zero-order valence-electron chi connectivity index (χ0n) is 8.60. The molecular formula is C14H18. The Hall–Kier alpha value is -1.30. The molecule has 0 radical (unpaired) electrons. The van der Waals surface area contributed by atoms with E-state index >= 15 is 0 Å². The highest BCUT2D eigenvalue weighted by atomic mass is 13.8. The largest absolute Gasteiger partial charge is 0.0844 e. The highest BCUT2D eigenvalue weighted by molar-refractivity contribution is 5.09. The average Bonchev–Trinajstić information content (AvgIpc) is 2.22. The van der Waals surface area contributed by atoms with Crippen LogP contribution >= 0.6 is 0 Å². The van der Waals surface area contributed by atoms with Gasteiger partial charge < -0.3 is 0 Å². The van der Waals surface area contributed by atoms with Gasteiger partial charge in [-0.05, 0) is 25.7 Å². The van der Waals surface area contributed by atoms with Crippen molar-refractivity contribution in [3.05, 3.63) is 60.8 Å². The van der Waals surface area contributed by atoms with Gasteiger partial charge in [-0.25, -0.2) is 0 Å². The fraction of sp³-hybridized carbons (Fsp3) is 0.286. The minimum atomic E-state index is 1.04. The molecule has 1 rings (SSSR count). The molecule has 0 amide bonds. The third-order valence-corrected chi connectivity index (χ3v) is 1.98. The Labute approximate surface area is 87.0 Å². The first-order valence-corrected chi connectivity index (χ1v) is 5.28. The van der Waals surface area contributed by atoms with Gasteiger partial charge in [-0.15, -0.1) is 0 Å². The van der Waals surface area contributed by atoms with Crippen LogP contribution in [0.3, 0.4) is 0 Å². The molecule has 0 unspecified atom stereocenters. The minimum Gasteiger partial charge on any atom is -0.0844 e. The zero-order chi connectivity index (χ0) is 9.90. The Morgan fingerprint density at radius 2 is 0.857 bits per heavy atom. The molecule has 0 aromatic rings. The van der Waals surface area contributed by atoms with Crippen LogP contribution in [-0.2, 0) is 0 Å². The van der Waals surface area contributed by atoms with Crippen molar-refractivity contribution in [2.75, 3.05) is 0 Å². The van der Waals surface area contributed by atoms with Crippen molar-refractivity contribution < 1.29 is 0 Å². The highest BCUT2D eigenvalue weighted by Gasteiger charge is 1.76. The Morgan fingerprint density at radius 3 is 1.36 bits per heavy atom. The maximum atomic E-state index is 2.21. The summed E-state index contributed by atoms with van der Waals surface area (Å²) in [6, 6.07) is 0. The average molecular weight is 186 g/mol. The zero-order valence-corrected chi connectivity index (χ0v) is 8.60. The summed E-state index contributed by atoms with van der Waals surface area (Å²) in [5.74, 6) is 0. The van der Waals surface area contributed by atoms with Gasteiger partial charge in [0.25, 0.3) is 0 Å². The molecule has 0 fully saturated rings. The monoisotopic (exact) mass is 186 g/mol. The van der Waals surface area contributed by atoms with E-state index < -0.39 is 0 Å². The molecule has 1 aliphatic carbocycles. The Bertz CT molecular complexity index is 234. The fourth-order valence-corrected chi connectivity index (χ4v) is 1.21. The molecule has 0 spiro atoms.